The second kappa shape index (κ2) is 9.15. The lowest BCUT2D eigenvalue weighted by molar-refractivity contribution is -0.0432. The molecule has 26 heavy (non-hydrogen) atoms. The van der Waals surface area contributed by atoms with E-state index in [-0.39, 0.29) is 18.1 Å². The Kier molecular flexibility index (Phi) is 6.89. The number of pyridine rings is 1. The molecule has 0 amide bonds. The summed E-state index contributed by atoms with van der Waals surface area (Å²) in [5, 5.41) is 0. The molecule has 1 aliphatic heterocycles. The lowest BCUT2D eigenvalue weighted by atomic mass is 9.96. The molecule has 3 rings (SSSR count). The molecule has 0 spiro atoms. The van der Waals surface area contributed by atoms with Gasteiger partial charge in [0.1, 0.15) is 11.4 Å². The van der Waals surface area contributed by atoms with Crippen molar-refractivity contribution in [2.45, 2.75) is 63.7 Å². The number of nitrogens with zero attached hydrogens (tertiary/aromatic N) is 2. The zero-order chi connectivity index (χ0) is 18.5. The van der Waals surface area contributed by atoms with Gasteiger partial charge in [-0.25, -0.2) is 9.78 Å². The molecule has 6 nitrogen and oxygen atoms in total. The third kappa shape index (κ3) is 4.75. The smallest absolute Gasteiger partial charge is 0.341 e. The zero-order valence-electron chi connectivity index (χ0n) is 15.3. The van der Waals surface area contributed by atoms with Crippen molar-refractivity contribution in [1.82, 2.24) is 4.98 Å². The van der Waals surface area contributed by atoms with Crippen LogP contribution < -0.4 is 10.6 Å². The number of carbonyl (C=O) groups excluding carboxylic acids is 1. The van der Waals surface area contributed by atoms with E-state index < -0.39 is 0 Å². The van der Waals surface area contributed by atoms with Crippen LogP contribution in [0.5, 0.6) is 0 Å². The number of rotatable bonds is 5. The Morgan fingerprint density at radius 2 is 2.12 bits per heavy atom. The van der Waals surface area contributed by atoms with Crippen molar-refractivity contribution in [3.63, 3.8) is 0 Å². The number of ether oxygens (including phenoxy) is 2. The molecule has 144 valence electrons. The lowest BCUT2D eigenvalue weighted by Gasteiger charge is -2.40. The lowest BCUT2D eigenvalue weighted by Crippen LogP contribution is -2.53. The van der Waals surface area contributed by atoms with E-state index in [2.05, 4.69) is 25.8 Å². The summed E-state index contributed by atoms with van der Waals surface area (Å²) in [6.07, 6.45) is 8.81. The number of aromatic nitrogens is 1. The summed E-state index contributed by atoms with van der Waals surface area (Å²) in [6, 6.07) is 1.79. The van der Waals surface area contributed by atoms with Crippen molar-refractivity contribution in [1.29, 1.82) is 0 Å². The minimum atomic E-state index is -0.351. The summed E-state index contributed by atoms with van der Waals surface area (Å²) >= 11 is 3.39. The Morgan fingerprint density at radius 1 is 1.35 bits per heavy atom. The first kappa shape index (κ1) is 19.6. The van der Waals surface area contributed by atoms with Crippen molar-refractivity contribution in [3.05, 3.63) is 22.3 Å². The maximum absolute atomic E-state index is 12.4. The van der Waals surface area contributed by atoms with E-state index in [9.17, 15) is 4.79 Å². The van der Waals surface area contributed by atoms with E-state index >= 15 is 0 Å². The van der Waals surface area contributed by atoms with Crippen LogP contribution in [-0.2, 0) is 9.47 Å². The summed E-state index contributed by atoms with van der Waals surface area (Å²) < 4.78 is 12.3. The van der Waals surface area contributed by atoms with Gasteiger partial charge in [0, 0.05) is 29.8 Å². The fourth-order valence-electron chi connectivity index (χ4n) is 3.76. The first-order valence-corrected chi connectivity index (χ1v) is 10.4. The number of esters is 1. The molecule has 0 aromatic carbocycles. The number of halogens is 1. The highest BCUT2D eigenvalue weighted by Gasteiger charge is 2.32. The topological polar surface area (TPSA) is 77.7 Å². The van der Waals surface area contributed by atoms with Crippen molar-refractivity contribution >= 4 is 27.7 Å². The minimum absolute atomic E-state index is 0.0228. The third-order valence-electron chi connectivity index (χ3n) is 5.16. The average molecular weight is 426 g/mol. The van der Waals surface area contributed by atoms with Gasteiger partial charge in [-0.1, -0.05) is 19.3 Å². The van der Waals surface area contributed by atoms with Gasteiger partial charge < -0.3 is 20.1 Å². The van der Waals surface area contributed by atoms with Crippen LogP contribution in [0.3, 0.4) is 0 Å². The number of anilines is 1. The highest BCUT2D eigenvalue weighted by atomic mass is 79.9. The summed E-state index contributed by atoms with van der Waals surface area (Å²) in [7, 11) is 0. The summed E-state index contributed by atoms with van der Waals surface area (Å²) in [4.78, 5) is 19.0. The van der Waals surface area contributed by atoms with Crippen LogP contribution in [0, 0.1) is 0 Å². The molecule has 2 fully saturated rings. The molecule has 0 radical (unpaired) electrons. The van der Waals surface area contributed by atoms with Gasteiger partial charge in [0.25, 0.3) is 0 Å². The summed E-state index contributed by atoms with van der Waals surface area (Å²) in [5.74, 6) is 0.298. The number of carbonyl (C=O) groups is 1. The Bertz CT molecular complexity index is 622. The molecular formula is C19H28BrN3O3. The Morgan fingerprint density at radius 3 is 2.85 bits per heavy atom. The molecular weight excluding hydrogens is 398 g/mol. The summed E-state index contributed by atoms with van der Waals surface area (Å²) in [6.45, 7) is 3.55. The maximum Gasteiger partial charge on any atom is 0.341 e. The molecule has 0 bridgehead atoms. The standard InChI is InChI=1S/C19H28BrN3O3/c1-2-25-19(24)15-10-13(20)11-22-18(15)23-9-8-16(21)17(12-23)26-14-6-4-3-5-7-14/h10-11,14,16-17H,2-9,12,21H2,1H3. The SMILES string of the molecule is CCOC(=O)c1cc(Br)cnc1N1CCC(N)C(OC2CCCCC2)C1. The van der Waals surface area contributed by atoms with Gasteiger partial charge in [0.2, 0.25) is 0 Å². The molecule has 2 heterocycles. The molecule has 2 aliphatic rings. The predicted molar refractivity (Wildman–Crippen MR) is 104 cm³/mol. The Labute approximate surface area is 163 Å². The van der Waals surface area contributed by atoms with Crippen LogP contribution in [0.15, 0.2) is 16.7 Å². The third-order valence-corrected chi connectivity index (χ3v) is 5.59. The first-order chi connectivity index (χ1) is 12.6. The van der Waals surface area contributed by atoms with Gasteiger partial charge in [0.05, 0.1) is 18.8 Å². The van der Waals surface area contributed by atoms with Crippen LogP contribution in [0.2, 0.25) is 0 Å². The van der Waals surface area contributed by atoms with Gasteiger partial charge in [0.15, 0.2) is 0 Å². The molecule has 7 heteroatoms. The maximum atomic E-state index is 12.4. The van der Waals surface area contributed by atoms with Gasteiger partial charge >= 0.3 is 5.97 Å². The van der Waals surface area contributed by atoms with Crippen LogP contribution >= 0.6 is 15.9 Å². The van der Waals surface area contributed by atoms with Crippen molar-refractivity contribution < 1.29 is 14.3 Å². The molecule has 1 aromatic rings. The van der Waals surface area contributed by atoms with E-state index in [0.29, 0.717) is 30.6 Å². The molecule has 2 N–H and O–H groups in total. The molecule has 2 unspecified atom stereocenters. The minimum Gasteiger partial charge on any atom is -0.462 e. The quantitative estimate of drug-likeness (QED) is 0.729. The molecule has 2 atom stereocenters. The monoisotopic (exact) mass is 425 g/mol. The zero-order valence-corrected chi connectivity index (χ0v) is 16.9. The van der Waals surface area contributed by atoms with E-state index in [4.69, 9.17) is 15.2 Å². The van der Waals surface area contributed by atoms with E-state index in [1.807, 2.05) is 0 Å². The number of piperidine rings is 1. The molecule has 1 saturated heterocycles. The van der Waals surface area contributed by atoms with Crippen molar-refractivity contribution in [2.24, 2.45) is 5.73 Å². The van der Waals surface area contributed by atoms with Crippen LogP contribution in [-0.4, -0.2) is 48.9 Å². The number of nitrogens with two attached hydrogens (primary N) is 1. The number of hydrogen-bond donors (Lipinski definition) is 1. The highest BCUT2D eigenvalue weighted by Crippen LogP contribution is 2.28. The predicted octanol–water partition coefficient (Wildman–Crippen LogP) is 3.28. The normalized spacial score (nSPS) is 24.5. The van der Waals surface area contributed by atoms with Crippen LogP contribution in [0.1, 0.15) is 55.8 Å². The molecule has 1 aromatic heterocycles. The van der Waals surface area contributed by atoms with E-state index in [1.165, 1.54) is 19.3 Å². The van der Waals surface area contributed by atoms with Crippen molar-refractivity contribution in [2.75, 3.05) is 24.6 Å². The first-order valence-electron chi connectivity index (χ1n) is 9.57. The van der Waals surface area contributed by atoms with Crippen LogP contribution in [0.4, 0.5) is 5.82 Å². The van der Waals surface area contributed by atoms with Gasteiger partial charge in [-0.05, 0) is 48.2 Å². The fourth-order valence-corrected chi connectivity index (χ4v) is 4.09. The second-order valence-corrected chi connectivity index (χ2v) is 7.99. The second-order valence-electron chi connectivity index (χ2n) is 7.08. The molecule has 1 saturated carbocycles. The highest BCUT2D eigenvalue weighted by molar-refractivity contribution is 9.10. The molecule has 1 aliphatic carbocycles. The number of hydrogen-bond acceptors (Lipinski definition) is 6. The van der Waals surface area contributed by atoms with Crippen molar-refractivity contribution in [3.8, 4) is 0 Å². The van der Waals surface area contributed by atoms with Gasteiger partial charge in [-0.2, -0.15) is 0 Å². The Balaban J connectivity index is 1.75. The largest absolute Gasteiger partial charge is 0.462 e. The van der Waals surface area contributed by atoms with Gasteiger partial charge in [-0.3, -0.25) is 0 Å². The average Bonchev–Trinajstić information content (AvgIpc) is 2.65. The van der Waals surface area contributed by atoms with Crippen LogP contribution in [0.25, 0.3) is 0 Å². The van der Waals surface area contributed by atoms with E-state index in [0.717, 1.165) is 30.3 Å². The Hall–Kier alpha value is -1.18. The fraction of sp³-hybridized carbons (Fsp3) is 0.684. The summed E-state index contributed by atoms with van der Waals surface area (Å²) in [5.41, 5.74) is 6.81. The van der Waals surface area contributed by atoms with Gasteiger partial charge in [-0.15, -0.1) is 0 Å². The van der Waals surface area contributed by atoms with E-state index in [1.54, 1.807) is 19.2 Å².